The predicted molar refractivity (Wildman–Crippen MR) is 67.5 cm³/mol. The smallest absolute Gasteiger partial charge is 0.140 e. The first-order chi connectivity index (χ1) is 8.67. The summed E-state index contributed by atoms with van der Waals surface area (Å²) in [6, 6.07) is 2.15. The summed E-state index contributed by atoms with van der Waals surface area (Å²) in [6.07, 6.45) is 1.63. The van der Waals surface area contributed by atoms with Crippen molar-refractivity contribution in [2.45, 2.75) is 33.2 Å². The number of benzene rings is 1. The molecule has 18 heavy (non-hydrogen) atoms. The Morgan fingerprint density at radius 3 is 2.67 bits per heavy atom. The molecule has 1 N–H and O–H groups in total. The van der Waals surface area contributed by atoms with Crippen molar-refractivity contribution in [1.82, 2.24) is 5.32 Å². The Kier molecular flexibility index (Phi) is 3.97. The van der Waals surface area contributed by atoms with Gasteiger partial charge >= 0.3 is 0 Å². The molecule has 0 amide bonds. The van der Waals surface area contributed by atoms with Crippen molar-refractivity contribution in [3.05, 3.63) is 35.1 Å². The Labute approximate surface area is 105 Å². The minimum atomic E-state index is -0.605. The quantitative estimate of drug-likeness (QED) is 0.877. The molecule has 2 nitrogen and oxygen atoms in total. The number of hydrogen-bond donors (Lipinski definition) is 1. The zero-order valence-electron chi connectivity index (χ0n) is 10.6. The Hall–Kier alpha value is -1.42. The van der Waals surface area contributed by atoms with E-state index in [4.69, 9.17) is 4.42 Å². The zero-order chi connectivity index (χ0) is 13.1. The standard InChI is InChI=1S/C14H17F2NO/c1-3-5-10-13(8-17-4-2)18-12-7-9(15)6-11(16)14(10)12/h6-7,17H,3-5,8H2,1-2H3. The molecule has 1 aromatic carbocycles. The van der Waals surface area contributed by atoms with Crippen molar-refractivity contribution in [1.29, 1.82) is 0 Å². The fourth-order valence-corrected chi connectivity index (χ4v) is 2.15. The highest BCUT2D eigenvalue weighted by molar-refractivity contribution is 5.83. The highest BCUT2D eigenvalue weighted by Gasteiger charge is 2.17. The van der Waals surface area contributed by atoms with Gasteiger partial charge in [0.15, 0.2) is 0 Å². The van der Waals surface area contributed by atoms with Gasteiger partial charge < -0.3 is 9.73 Å². The highest BCUT2D eigenvalue weighted by Crippen LogP contribution is 2.30. The molecule has 98 valence electrons. The molecular formula is C14H17F2NO. The fraction of sp³-hybridized carbons (Fsp3) is 0.429. The minimum Gasteiger partial charge on any atom is -0.459 e. The molecule has 0 fully saturated rings. The number of fused-ring (bicyclic) bond motifs is 1. The van der Waals surface area contributed by atoms with Gasteiger partial charge in [0.25, 0.3) is 0 Å². The third-order valence-corrected chi connectivity index (χ3v) is 2.93. The lowest BCUT2D eigenvalue weighted by Crippen LogP contribution is -2.12. The molecule has 1 aromatic heterocycles. The van der Waals surface area contributed by atoms with Crippen LogP contribution in [0.5, 0.6) is 0 Å². The number of nitrogens with one attached hydrogen (secondary N) is 1. The molecule has 0 radical (unpaired) electrons. The van der Waals surface area contributed by atoms with Crippen molar-refractivity contribution in [2.75, 3.05) is 6.54 Å². The second-order valence-corrected chi connectivity index (χ2v) is 4.29. The number of furan rings is 1. The van der Waals surface area contributed by atoms with Crippen molar-refractivity contribution >= 4 is 11.0 Å². The lowest BCUT2D eigenvalue weighted by molar-refractivity contribution is 0.510. The van der Waals surface area contributed by atoms with E-state index >= 15 is 0 Å². The predicted octanol–water partition coefficient (Wildman–Crippen LogP) is 3.77. The van der Waals surface area contributed by atoms with Gasteiger partial charge in [-0.05, 0) is 13.0 Å². The normalized spacial score (nSPS) is 11.3. The van der Waals surface area contributed by atoms with E-state index < -0.39 is 11.6 Å². The molecule has 0 atom stereocenters. The Bertz CT molecular complexity index is 548. The number of halogens is 2. The van der Waals surface area contributed by atoms with Crippen molar-refractivity contribution in [3.8, 4) is 0 Å². The van der Waals surface area contributed by atoms with Crippen LogP contribution in [0.3, 0.4) is 0 Å². The van der Waals surface area contributed by atoms with Crippen LogP contribution in [-0.4, -0.2) is 6.54 Å². The van der Waals surface area contributed by atoms with Gasteiger partial charge in [-0.15, -0.1) is 0 Å². The van der Waals surface area contributed by atoms with Gasteiger partial charge in [-0.3, -0.25) is 0 Å². The Balaban J connectivity index is 2.56. The van der Waals surface area contributed by atoms with Crippen LogP contribution >= 0.6 is 0 Å². The van der Waals surface area contributed by atoms with Crippen LogP contribution in [0.15, 0.2) is 16.5 Å². The zero-order valence-corrected chi connectivity index (χ0v) is 10.6. The van der Waals surface area contributed by atoms with E-state index in [-0.39, 0.29) is 0 Å². The summed E-state index contributed by atoms with van der Waals surface area (Å²) in [7, 11) is 0. The van der Waals surface area contributed by atoms with Gasteiger partial charge in [0.1, 0.15) is 23.0 Å². The second kappa shape index (κ2) is 5.48. The van der Waals surface area contributed by atoms with E-state index in [1.807, 2.05) is 13.8 Å². The molecule has 2 rings (SSSR count). The molecule has 2 aromatic rings. The molecular weight excluding hydrogens is 236 g/mol. The molecule has 0 spiro atoms. The number of rotatable bonds is 5. The van der Waals surface area contributed by atoms with E-state index in [2.05, 4.69) is 5.32 Å². The molecule has 1 heterocycles. The van der Waals surface area contributed by atoms with Gasteiger partial charge in [0, 0.05) is 17.7 Å². The lowest BCUT2D eigenvalue weighted by Gasteiger charge is -2.02. The highest BCUT2D eigenvalue weighted by atomic mass is 19.1. The summed E-state index contributed by atoms with van der Waals surface area (Å²) in [4.78, 5) is 0. The Morgan fingerprint density at radius 1 is 1.22 bits per heavy atom. The fourth-order valence-electron chi connectivity index (χ4n) is 2.15. The molecule has 0 saturated heterocycles. The number of hydrogen-bond acceptors (Lipinski definition) is 2. The van der Waals surface area contributed by atoms with Gasteiger partial charge in [0.2, 0.25) is 0 Å². The van der Waals surface area contributed by atoms with Crippen LogP contribution in [0.25, 0.3) is 11.0 Å². The van der Waals surface area contributed by atoms with E-state index in [1.54, 1.807) is 0 Å². The molecule has 0 aliphatic carbocycles. The molecule has 0 aliphatic rings. The van der Waals surface area contributed by atoms with Crippen LogP contribution < -0.4 is 5.32 Å². The maximum Gasteiger partial charge on any atom is 0.140 e. The maximum absolute atomic E-state index is 13.8. The first-order valence-corrected chi connectivity index (χ1v) is 6.27. The van der Waals surface area contributed by atoms with E-state index in [0.29, 0.717) is 23.3 Å². The summed E-state index contributed by atoms with van der Waals surface area (Å²) >= 11 is 0. The van der Waals surface area contributed by atoms with E-state index in [1.165, 1.54) is 6.07 Å². The molecule has 0 saturated carbocycles. The average molecular weight is 253 g/mol. The van der Waals surface area contributed by atoms with Crippen LogP contribution in [0, 0.1) is 11.6 Å². The van der Waals surface area contributed by atoms with Crippen LogP contribution in [0.2, 0.25) is 0 Å². The van der Waals surface area contributed by atoms with Gasteiger partial charge in [-0.25, -0.2) is 8.78 Å². The third kappa shape index (κ3) is 2.38. The lowest BCUT2D eigenvalue weighted by atomic mass is 10.1. The number of aryl methyl sites for hydroxylation is 1. The van der Waals surface area contributed by atoms with Crippen LogP contribution in [0.4, 0.5) is 8.78 Å². The third-order valence-electron chi connectivity index (χ3n) is 2.93. The summed E-state index contributed by atoms with van der Waals surface area (Å²) in [6.45, 7) is 5.36. The summed E-state index contributed by atoms with van der Waals surface area (Å²) in [5.74, 6) is -0.440. The van der Waals surface area contributed by atoms with Crippen molar-refractivity contribution in [3.63, 3.8) is 0 Å². The molecule has 0 unspecified atom stereocenters. The molecule has 0 aliphatic heterocycles. The van der Waals surface area contributed by atoms with Crippen molar-refractivity contribution in [2.24, 2.45) is 0 Å². The second-order valence-electron chi connectivity index (χ2n) is 4.29. The summed E-state index contributed by atoms with van der Waals surface area (Å²) < 4.78 is 32.6. The average Bonchev–Trinajstić information content (AvgIpc) is 2.65. The first kappa shape index (κ1) is 13.0. The summed E-state index contributed by atoms with van der Waals surface area (Å²) in [5.41, 5.74) is 1.15. The first-order valence-electron chi connectivity index (χ1n) is 6.27. The van der Waals surface area contributed by atoms with Gasteiger partial charge in [0.05, 0.1) is 11.9 Å². The van der Waals surface area contributed by atoms with Gasteiger partial charge in [-0.1, -0.05) is 20.3 Å². The molecule has 0 bridgehead atoms. The van der Waals surface area contributed by atoms with Gasteiger partial charge in [-0.2, -0.15) is 0 Å². The van der Waals surface area contributed by atoms with Crippen LogP contribution in [0.1, 0.15) is 31.6 Å². The van der Waals surface area contributed by atoms with Crippen molar-refractivity contribution < 1.29 is 13.2 Å². The topological polar surface area (TPSA) is 25.2 Å². The van der Waals surface area contributed by atoms with Crippen LogP contribution in [-0.2, 0) is 13.0 Å². The summed E-state index contributed by atoms with van der Waals surface area (Å²) in [5, 5.41) is 3.57. The monoisotopic (exact) mass is 253 g/mol. The SMILES string of the molecule is CCCc1c(CNCC)oc2cc(F)cc(F)c12. The van der Waals surface area contributed by atoms with E-state index in [0.717, 1.165) is 31.0 Å². The largest absolute Gasteiger partial charge is 0.459 e. The maximum atomic E-state index is 13.8. The van der Waals surface area contributed by atoms with E-state index in [9.17, 15) is 8.78 Å². The minimum absolute atomic E-state index is 0.295. The molecule has 4 heteroatoms. The Morgan fingerprint density at radius 2 is 2.00 bits per heavy atom.